The van der Waals surface area contributed by atoms with Gasteiger partial charge in [0.25, 0.3) is 10.0 Å². The van der Waals surface area contributed by atoms with Gasteiger partial charge in [-0.05, 0) is 36.0 Å². The van der Waals surface area contributed by atoms with Gasteiger partial charge in [-0.1, -0.05) is 6.92 Å². The van der Waals surface area contributed by atoms with Crippen molar-refractivity contribution >= 4 is 27.0 Å². The summed E-state index contributed by atoms with van der Waals surface area (Å²) in [4.78, 5) is 3.58. The van der Waals surface area contributed by atoms with Crippen molar-refractivity contribution in [2.75, 3.05) is 11.3 Å². The van der Waals surface area contributed by atoms with Crippen molar-refractivity contribution in [2.45, 2.75) is 24.1 Å². The summed E-state index contributed by atoms with van der Waals surface area (Å²) in [6, 6.07) is 2.87. The van der Waals surface area contributed by atoms with Crippen LogP contribution < -0.4 is 10.0 Å². The quantitative estimate of drug-likeness (QED) is 0.766. The van der Waals surface area contributed by atoms with Crippen LogP contribution >= 0.6 is 11.3 Å². The maximum atomic E-state index is 13.5. The van der Waals surface area contributed by atoms with E-state index in [4.69, 9.17) is 0 Å². The molecule has 5 nitrogen and oxygen atoms in total. The topological polar surface area (TPSA) is 71.1 Å². The minimum absolute atomic E-state index is 0.107. The smallest absolute Gasteiger partial charge is 0.271 e. The van der Waals surface area contributed by atoms with Crippen LogP contribution in [0.15, 0.2) is 34.1 Å². The lowest BCUT2D eigenvalue weighted by molar-refractivity contribution is 0.599. The van der Waals surface area contributed by atoms with Gasteiger partial charge in [-0.15, -0.1) is 11.3 Å². The minimum Gasteiger partial charge on any atom is -0.313 e. The summed E-state index contributed by atoms with van der Waals surface area (Å²) in [5.41, 5.74) is 0.785. The number of hydrogen-bond acceptors (Lipinski definition) is 5. The van der Waals surface area contributed by atoms with E-state index in [0.29, 0.717) is 6.54 Å². The summed E-state index contributed by atoms with van der Waals surface area (Å²) in [6.45, 7) is 3.55. The number of aromatic nitrogens is 1. The molecule has 0 amide bonds. The molecule has 0 spiro atoms. The van der Waals surface area contributed by atoms with Crippen molar-refractivity contribution in [3.63, 3.8) is 0 Å². The largest absolute Gasteiger partial charge is 0.313 e. The number of sulfonamides is 1. The van der Waals surface area contributed by atoms with Gasteiger partial charge < -0.3 is 5.32 Å². The summed E-state index contributed by atoms with van der Waals surface area (Å²) in [7, 11) is -3.77. The molecule has 0 aliphatic carbocycles. The first-order valence-corrected chi connectivity index (χ1v) is 8.79. The van der Waals surface area contributed by atoms with Crippen molar-refractivity contribution in [1.29, 1.82) is 0 Å². The summed E-state index contributed by atoms with van der Waals surface area (Å²) in [5, 5.41) is 4.98. The zero-order valence-electron chi connectivity index (χ0n) is 11.5. The van der Waals surface area contributed by atoms with Gasteiger partial charge in [0.1, 0.15) is 4.21 Å². The lowest BCUT2D eigenvalue weighted by atomic mass is 10.3. The Bertz CT molecular complexity index is 701. The number of nitrogens with zero attached hydrogens (tertiary/aromatic N) is 1. The van der Waals surface area contributed by atoms with E-state index in [1.165, 1.54) is 12.3 Å². The molecule has 114 valence electrons. The minimum atomic E-state index is -3.77. The SMILES string of the molecule is CCCNCc1csc(S(=O)(=O)Nc2ccncc2F)c1. The molecule has 0 aromatic carbocycles. The van der Waals surface area contributed by atoms with Gasteiger partial charge >= 0.3 is 0 Å². The molecule has 0 fully saturated rings. The molecular formula is C13H16FN3O2S2. The van der Waals surface area contributed by atoms with E-state index >= 15 is 0 Å². The Morgan fingerprint density at radius 3 is 2.95 bits per heavy atom. The van der Waals surface area contributed by atoms with Crippen LogP contribution in [0.4, 0.5) is 10.1 Å². The normalized spacial score (nSPS) is 11.5. The number of rotatable bonds is 7. The highest BCUT2D eigenvalue weighted by Crippen LogP contribution is 2.23. The fourth-order valence-corrected chi connectivity index (χ4v) is 3.93. The molecule has 2 heterocycles. The summed E-state index contributed by atoms with van der Waals surface area (Å²) >= 11 is 1.11. The predicted octanol–water partition coefficient (Wildman–Crippen LogP) is 2.58. The third-order valence-electron chi connectivity index (χ3n) is 2.67. The molecule has 0 radical (unpaired) electrons. The molecule has 0 aliphatic rings. The van der Waals surface area contributed by atoms with Crippen molar-refractivity contribution in [3.8, 4) is 0 Å². The second-order valence-electron chi connectivity index (χ2n) is 4.41. The van der Waals surface area contributed by atoms with E-state index < -0.39 is 15.8 Å². The first kappa shape index (κ1) is 15.9. The molecule has 2 aromatic rings. The number of nitrogens with one attached hydrogen (secondary N) is 2. The van der Waals surface area contributed by atoms with E-state index in [1.807, 2.05) is 0 Å². The molecule has 0 atom stereocenters. The number of thiophene rings is 1. The summed E-state index contributed by atoms with van der Waals surface area (Å²) in [5.74, 6) is -0.706. The maximum absolute atomic E-state index is 13.5. The number of hydrogen-bond donors (Lipinski definition) is 2. The average molecular weight is 329 g/mol. The van der Waals surface area contributed by atoms with Gasteiger partial charge in [-0.2, -0.15) is 0 Å². The third kappa shape index (κ3) is 4.23. The van der Waals surface area contributed by atoms with E-state index in [-0.39, 0.29) is 9.90 Å². The second-order valence-corrected chi connectivity index (χ2v) is 7.23. The Hall–Kier alpha value is -1.51. The molecule has 2 rings (SSSR count). The molecule has 0 saturated heterocycles. The first-order valence-electron chi connectivity index (χ1n) is 6.43. The third-order valence-corrected chi connectivity index (χ3v) is 5.52. The van der Waals surface area contributed by atoms with Gasteiger partial charge in [0.05, 0.1) is 11.9 Å². The molecule has 0 saturated carbocycles. The highest BCUT2D eigenvalue weighted by Gasteiger charge is 2.18. The molecule has 8 heteroatoms. The van der Waals surface area contributed by atoms with Crippen molar-refractivity contribution < 1.29 is 12.8 Å². The fraction of sp³-hybridized carbons (Fsp3) is 0.308. The molecule has 0 aliphatic heterocycles. The van der Waals surface area contributed by atoms with E-state index in [1.54, 1.807) is 11.4 Å². The van der Waals surface area contributed by atoms with Crippen LogP contribution in [0.25, 0.3) is 0 Å². The Morgan fingerprint density at radius 2 is 2.24 bits per heavy atom. The fourth-order valence-electron chi connectivity index (χ4n) is 1.65. The average Bonchev–Trinajstić information content (AvgIpc) is 2.91. The van der Waals surface area contributed by atoms with Crippen molar-refractivity contribution in [1.82, 2.24) is 10.3 Å². The number of pyridine rings is 1. The summed E-state index contributed by atoms with van der Waals surface area (Å²) in [6.07, 6.45) is 3.31. The molecule has 2 aromatic heterocycles. The highest BCUT2D eigenvalue weighted by molar-refractivity contribution is 7.94. The molecule has 0 bridgehead atoms. The van der Waals surface area contributed by atoms with Crippen LogP contribution in [0.1, 0.15) is 18.9 Å². The molecule has 0 unspecified atom stereocenters. The number of anilines is 1. The zero-order chi connectivity index (χ0) is 15.3. The molecule has 21 heavy (non-hydrogen) atoms. The Balaban J connectivity index is 2.11. The van der Waals surface area contributed by atoms with E-state index in [2.05, 4.69) is 21.9 Å². The maximum Gasteiger partial charge on any atom is 0.271 e. The van der Waals surface area contributed by atoms with Gasteiger partial charge in [0.2, 0.25) is 0 Å². The van der Waals surface area contributed by atoms with E-state index in [9.17, 15) is 12.8 Å². The van der Waals surface area contributed by atoms with Crippen LogP contribution in [0.2, 0.25) is 0 Å². The van der Waals surface area contributed by atoms with Gasteiger partial charge in [0, 0.05) is 12.7 Å². The van der Waals surface area contributed by atoms with Crippen molar-refractivity contribution in [2.24, 2.45) is 0 Å². The van der Waals surface area contributed by atoms with Gasteiger partial charge in [0.15, 0.2) is 5.82 Å². The zero-order valence-corrected chi connectivity index (χ0v) is 13.1. The Labute approximate surface area is 127 Å². The molecule has 2 N–H and O–H groups in total. The monoisotopic (exact) mass is 329 g/mol. The lowest BCUT2D eigenvalue weighted by Gasteiger charge is -2.06. The van der Waals surface area contributed by atoms with Crippen molar-refractivity contribution in [3.05, 3.63) is 41.3 Å². The Kier molecular flexibility index (Phi) is 5.27. The van der Waals surface area contributed by atoms with Gasteiger partial charge in [-0.25, -0.2) is 12.8 Å². The van der Waals surface area contributed by atoms with Crippen LogP contribution in [-0.2, 0) is 16.6 Å². The molecular weight excluding hydrogens is 313 g/mol. The predicted molar refractivity (Wildman–Crippen MR) is 81.3 cm³/mol. The Morgan fingerprint density at radius 1 is 1.43 bits per heavy atom. The summed E-state index contributed by atoms with van der Waals surface area (Å²) < 4.78 is 40.2. The van der Waals surface area contributed by atoms with Gasteiger partial charge in [-0.3, -0.25) is 9.71 Å². The van der Waals surface area contributed by atoms with Crippen LogP contribution in [0, 0.1) is 5.82 Å². The van der Waals surface area contributed by atoms with E-state index in [0.717, 1.165) is 36.1 Å². The highest BCUT2D eigenvalue weighted by atomic mass is 32.2. The standard InChI is InChI=1S/C13H16FN3O2S2/c1-2-4-15-7-10-6-13(20-9-10)21(18,19)17-12-3-5-16-8-11(12)14/h3,5-6,8-9,15H,2,4,7H2,1H3,(H,16,17). The second kappa shape index (κ2) is 6.97. The van der Waals surface area contributed by atoms with Crippen LogP contribution in [-0.4, -0.2) is 19.9 Å². The lowest BCUT2D eigenvalue weighted by Crippen LogP contribution is -2.14. The number of halogens is 1. The first-order chi connectivity index (χ1) is 10.0. The van der Waals surface area contributed by atoms with Crippen LogP contribution in [0.3, 0.4) is 0 Å². The van der Waals surface area contributed by atoms with Crippen LogP contribution in [0.5, 0.6) is 0 Å².